The van der Waals surface area contributed by atoms with Crippen LogP contribution in [0.25, 0.3) is 43.6 Å². The fraction of sp³-hybridized carbons (Fsp3) is 0.122. The number of rotatable bonds is 4. The maximum atomic E-state index is 14.3. The Bertz CT molecular complexity index is 2460. The Morgan fingerprint density at radius 2 is 0.870 bits per heavy atom. The van der Waals surface area contributed by atoms with E-state index in [1.54, 1.807) is 12.1 Å². The number of hydrogen-bond acceptors (Lipinski definition) is 2. The second-order valence-corrected chi connectivity index (χ2v) is 14.1. The van der Waals surface area contributed by atoms with Gasteiger partial charge >= 0.3 is 0 Å². The van der Waals surface area contributed by atoms with Crippen LogP contribution < -0.4 is 0 Å². The zero-order chi connectivity index (χ0) is 31.2. The van der Waals surface area contributed by atoms with Gasteiger partial charge in [0, 0.05) is 56.7 Å². The smallest absolute Gasteiger partial charge is 0.207 e. The monoisotopic (exact) mass is 616 g/mol. The fourth-order valence-corrected chi connectivity index (χ4v) is 10.1. The van der Waals surface area contributed by atoms with Crippen molar-refractivity contribution in [1.82, 2.24) is 9.13 Å². The van der Waals surface area contributed by atoms with Crippen molar-refractivity contribution >= 4 is 53.4 Å². The average molecular weight is 617 g/mol. The molecule has 0 N–H and O–H groups in total. The standard InChI is InChI=1S/C41H32N2O2S/c1-3-42-35-17-9-5-13-29(35)31-25-27(21-23-37(31)42)41(28-22-24-38-32(26-28)30-14-6-10-18-36(30)43(38)4-2)33-15-7-11-19-39(33)46(44,45)40-20-12-8-16-34(40)41/h5-26H,3-4H2,1-2H3. The lowest BCUT2D eigenvalue weighted by Gasteiger charge is -2.42. The minimum absolute atomic E-state index is 0.362. The first kappa shape index (κ1) is 27.2. The third-order valence-electron chi connectivity index (χ3n) is 10.2. The molecule has 0 saturated carbocycles. The Labute approximate surface area is 268 Å². The van der Waals surface area contributed by atoms with Crippen molar-refractivity contribution in [3.63, 3.8) is 0 Å². The van der Waals surface area contributed by atoms with Crippen LogP contribution in [0.3, 0.4) is 0 Å². The van der Waals surface area contributed by atoms with E-state index in [2.05, 4.69) is 108 Å². The van der Waals surface area contributed by atoms with Gasteiger partial charge in [-0.05, 0) is 84.6 Å². The third-order valence-corrected chi connectivity index (χ3v) is 12.1. The second-order valence-electron chi connectivity index (χ2n) is 12.2. The van der Waals surface area contributed by atoms with Crippen molar-refractivity contribution in [1.29, 1.82) is 0 Å². The van der Waals surface area contributed by atoms with Gasteiger partial charge in [-0.25, -0.2) is 8.42 Å². The molecule has 0 spiro atoms. The molecule has 8 aromatic rings. The predicted octanol–water partition coefficient (Wildman–Crippen LogP) is 9.47. The summed E-state index contributed by atoms with van der Waals surface area (Å²) in [6.45, 7) is 6.08. The number of para-hydroxylation sites is 2. The van der Waals surface area contributed by atoms with Crippen LogP contribution >= 0.6 is 0 Å². The van der Waals surface area contributed by atoms with E-state index < -0.39 is 15.3 Å². The maximum absolute atomic E-state index is 14.3. The van der Waals surface area contributed by atoms with Crippen LogP contribution in [0.5, 0.6) is 0 Å². The lowest BCUT2D eigenvalue weighted by molar-refractivity contribution is 0.579. The van der Waals surface area contributed by atoms with Gasteiger partial charge in [-0.15, -0.1) is 0 Å². The van der Waals surface area contributed by atoms with E-state index in [1.807, 2.05) is 36.4 Å². The molecule has 0 saturated heterocycles. The highest BCUT2D eigenvalue weighted by molar-refractivity contribution is 7.91. The second kappa shape index (κ2) is 9.68. The minimum Gasteiger partial charge on any atom is -0.341 e. The predicted molar refractivity (Wildman–Crippen MR) is 188 cm³/mol. The molecule has 5 heteroatoms. The molecule has 0 aliphatic carbocycles. The molecule has 0 atom stereocenters. The van der Waals surface area contributed by atoms with E-state index >= 15 is 0 Å². The molecule has 46 heavy (non-hydrogen) atoms. The van der Waals surface area contributed by atoms with E-state index in [4.69, 9.17) is 0 Å². The van der Waals surface area contributed by atoms with E-state index in [0.717, 1.165) is 35.3 Å². The summed E-state index contributed by atoms with van der Waals surface area (Å²) >= 11 is 0. The van der Waals surface area contributed by atoms with Crippen LogP contribution in [-0.4, -0.2) is 17.6 Å². The Kier molecular flexibility index (Phi) is 5.73. The molecule has 0 fully saturated rings. The Morgan fingerprint density at radius 3 is 1.33 bits per heavy atom. The van der Waals surface area contributed by atoms with Crippen LogP contribution in [-0.2, 0) is 28.3 Å². The van der Waals surface area contributed by atoms with Crippen LogP contribution in [0.15, 0.2) is 143 Å². The maximum Gasteiger partial charge on any atom is 0.207 e. The van der Waals surface area contributed by atoms with Crippen molar-refractivity contribution in [2.24, 2.45) is 0 Å². The summed E-state index contributed by atoms with van der Waals surface area (Å²) in [6, 6.07) is 45.9. The summed E-state index contributed by atoms with van der Waals surface area (Å²) in [7, 11) is -3.75. The molecule has 4 nitrogen and oxygen atoms in total. The minimum atomic E-state index is -3.75. The molecule has 0 amide bonds. The number of benzene rings is 6. The molecule has 0 unspecified atom stereocenters. The molecule has 2 aromatic heterocycles. The number of fused-ring (bicyclic) bond motifs is 8. The fourth-order valence-electron chi connectivity index (χ4n) is 8.33. The van der Waals surface area contributed by atoms with Crippen LogP contribution in [0.1, 0.15) is 36.1 Å². The quantitative estimate of drug-likeness (QED) is 0.198. The first-order valence-electron chi connectivity index (χ1n) is 16.0. The van der Waals surface area contributed by atoms with Crippen molar-refractivity contribution in [3.05, 3.63) is 156 Å². The van der Waals surface area contributed by atoms with Crippen molar-refractivity contribution in [2.45, 2.75) is 42.1 Å². The van der Waals surface area contributed by atoms with Gasteiger partial charge < -0.3 is 9.13 Å². The average Bonchev–Trinajstić information content (AvgIpc) is 3.60. The number of aromatic nitrogens is 2. The first-order chi connectivity index (χ1) is 22.5. The normalized spacial score (nSPS) is 15.0. The molecular formula is C41H32N2O2S. The van der Waals surface area contributed by atoms with E-state index in [0.29, 0.717) is 9.79 Å². The van der Waals surface area contributed by atoms with E-state index in [1.165, 1.54) is 43.6 Å². The molecule has 6 aromatic carbocycles. The molecule has 0 bridgehead atoms. The number of aryl methyl sites for hydroxylation is 2. The first-order valence-corrected chi connectivity index (χ1v) is 17.5. The molecule has 3 heterocycles. The summed E-state index contributed by atoms with van der Waals surface area (Å²) in [6.07, 6.45) is 0. The SMILES string of the molecule is CCn1c2ccccc2c2cc(C3(c4ccc5c(c4)c4ccccc4n5CC)c4ccccc4S(=O)(=O)c4ccccc43)ccc21. The zero-order valence-electron chi connectivity index (χ0n) is 25.7. The number of sulfone groups is 1. The highest BCUT2D eigenvalue weighted by Crippen LogP contribution is 2.54. The molecule has 224 valence electrons. The van der Waals surface area contributed by atoms with Crippen LogP contribution in [0.2, 0.25) is 0 Å². The summed E-state index contributed by atoms with van der Waals surface area (Å²) in [5, 5.41) is 4.73. The van der Waals surface area contributed by atoms with Gasteiger partial charge in [0.25, 0.3) is 0 Å². The number of nitrogens with zero attached hydrogens (tertiary/aromatic N) is 2. The molecule has 1 aliphatic rings. The van der Waals surface area contributed by atoms with Crippen LogP contribution in [0, 0.1) is 0 Å². The van der Waals surface area contributed by atoms with Gasteiger partial charge in [0.1, 0.15) is 0 Å². The molecule has 9 rings (SSSR count). The Hall–Kier alpha value is -5.13. The highest BCUT2D eigenvalue weighted by atomic mass is 32.2. The topological polar surface area (TPSA) is 44.0 Å². The molecule has 0 radical (unpaired) electrons. The molecule has 1 aliphatic heterocycles. The zero-order valence-corrected chi connectivity index (χ0v) is 26.6. The third kappa shape index (κ3) is 3.36. The molecular weight excluding hydrogens is 585 g/mol. The van der Waals surface area contributed by atoms with Crippen molar-refractivity contribution in [2.75, 3.05) is 0 Å². The lowest BCUT2D eigenvalue weighted by atomic mass is 9.64. The Morgan fingerprint density at radius 1 is 0.478 bits per heavy atom. The summed E-state index contributed by atoms with van der Waals surface area (Å²) in [5.74, 6) is 0. The van der Waals surface area contributed by atoms with Gasteiger partial charge in [0.05, 0.1) is 15.2 Å². The van der Waals surface area contributed by atoms with E-state index in [-0.39, 0.29) is 0 Å². The largest absolute Gasteiger partial charge is 0.341 e. The van der Waals surface area contributed by atoms with E-state index in [9.17, 15) is 8.42 Å². The Balaban J connectivity index is 1.48. The summed E-state index contributed by atoms with van der Waals surface area (Å²) < 4.78 is 33.3. The summed E-state index contributed by atoms with van der Waals surface area (Å²) in [4.78, 5) is 0.724. The van der Waals surface area contributed by atoms with Crippen molar-refractivity contribution < 1.29 is 8.42 Å². The van der Waals surface area contributed by atoms with Crippen LogP contribution in [0.4, 0.5) is 0 Å². The van der Waals surface area contributed by atoms with Gasteiger partial charge in [0.15, 0.2) is 0 Å². The highest BCUT2D eigenvalue weighted by Gasteiger charge is 2.49. The lowest BCUT2D eigenvalue weighted by Crippen LogP contribution is -2.37. The summed E-state index contributed by atoms with van der Waals surface area (Å²) in [5.41, 5.74) is 7.53. The van der Waals surface area contributed by atoms with Gasteiger partial charge in [0.2, 0.25) is 9.84 Å². The van der Waals surface area contributed by atoms with Gasteiger partial charge in [-0.1, -0.05) is 84.9 Å². The number of hydrogen-bond donors (Lipinski definition) is 0. The van der Waals surface area contributed by atoms with Gasteiger partial charge in [-0.3, -0.25) is 0 Å². The van der Waals surface area contributed by atoms with Gasteiger partial charge in [-0.2, -0.15) is 0 Å². The van der Waals surface area contributed by atoms with Crippen molar-refractivity contribution in [3.8, 4) is 0 Å².